The van der Waals surface area contributed by atoms with Gasteiger partial charge in [-0.05, 0) is 35.7 Å². The highest BCUT2D eigenvalue weighted by Crippen LogP contribution is 2.32. The Morgan fingerprint density at radius 2 is 1.62 bits per heavy atom. The fraction of sp³-hybridized carbons (Fsp3) is 0. The van der Waals surface area contributed by atoms with Crippen LogP contribution in [0.25, 0.3) is 38.3 Å². The molecule has 0 bridgehead atoms. The molecule has 7 rings (SSSR count). The summed E-state index contributed by atoms with van der Waals surface area (Å²) in [6.07, 6.45) is 1.93. The number of para-hydroxylation sites is 1. The van der Waals surface area contributed by atoms with E-state index in [1.807, 2.05) is 102 Å². The molecule has 2 aromatic heterocycles. The Morgan fingerprint density at radius 1 is 0.794 bits per heavy atom. The summed E-state index contributed by atoms with van der Waals surface area (Å²) in [6.45, 7) is 0. The lowest BCUT2D eigenvalue weighted by Gasteiger charge is -2.09. The van der Waals surface area contributed by atoms with Crippen LogP contribution in [0.15, 0.2) is 97.2 Å². The van der Waals surface area contributed by atoms with Gasteiger partial charge >= 0.3 is 0 Å². The number of carbonyl (C=O) groups is 2. The number of rotatable bonds is 2. The van der Waals surface area contributed by atoms with Crippen LogP contribution >= 0.6 is 0 Å². The molecule has 4 aromatic carbocycles. The number of pyridine rings is 1. The molecule has 1 aliphatic heterocycles. The van der Waals surface area contributed by atoms with Gasteiger partial charge in [-0.3, -0.25) is 9.59 Å². The van der Waals surface area contributed by atoms with Crippen molar-refractivity contribution in [2.75, 3.05) is 5.32 Å². The summed E-state index contributed by atoms with van der Waals surface area (Å²) in [5.41, 5.74) is 5.21. The zero-order valence-corrected chi connectivity index (χ0v) is 18.0. The Kier molecular flexibility index (Phi) is 3.79. The standard InChI is InChI=1S/C29H17N3O2/c33-28-21-9-3-4-11-25(21)32-15-14-20-22-16-18(12-13-24(22)30-26(20)27(28)32)29(34)31-23-10-5-7-17-6-1-2-8-19(17)23/h1-16H,(H,31,34)/p+1. The molecule has 1 aliphatic rings. The quantitative estimate of drug-likeness (QED) is 0.346. The summed E-state index contributed by atoms with van der Waals surface area (Å²) < 4.78 is 1.93. The molecule has 34 heavy (non-hydrogen) atoms. The number of hydrogen-bond donors (Lipinski definition) is 2. The van der Waals surface area contributed by atoms with Gasteiger partial charge in [0, 0.05) is 45.1 Å². The fourth-order valence-corrected chi connectivity index (χ4v) is 5.01. The molecule has 160 valence electrons. The molecule has 0 saturated carbocycles. The maximum atomic E-state index is 13.2. The lowest BCUT2D eigenvalue weighted by molar-refractivity contribution is -0.592. The van der Waals surface area contributed by atoms with Crippen LogP contribution in [0.5, 0.6) is 0 Å². The van der Waals surface area contributed by atoms with Crippen molar-refractivity contribution < 1.29 is 14.2 Å². The van der Waals surface area contributed by atoms with Crippen LogP contribution in [-0.4, -0.2) is 16.7 Å². The largest absolute Gasteiger partial charge is 0.349 e. The van der Waals surface area contributed by atoms with E-state index < -0.39 is 0 Å². The van der Waals surface area contributed by atoms with Gasteiger partial charge in [-0.2, -0.15) is 4.57 Å². The Hall–Kier alpha value is -4.77. The first-order valence-electron chi connectivity index (χ1n) is 11.1. The van der Waals surface area contributed by atoms with Gasteiger partial charge in [-0.1, -0.05) is 48.5 Å². The van der Waals surface area contributed by atoms with Crippen LogP contribution in [-0.2, 0) is 0 Å². The number of aromatic amines is 1. The van der Waals surface area contributed by atoms with Gasteiger partial charge in [0.15, 0.2) is 6.20 Å². The molecule has 6 aromatic rings. The first-order chi connectivity index (χ1) is 16.7. The number of benzene rings is 4. The minimum absolute atomic E-state index is 0.00155. The highest BCUT2D eigenvalue weighted by molar-refractivity contribution is 6.21. The molecule has 0 unspecified atom stereocenters. The molecule has 0 saturated heterocycles. The summed E-state index contributed by atoms with van der Waals surface area (Å²) >= 11 is 0. The molecular formula is C29H18N3O2+. The van der Waals surface area contributed by atoms with Gasteiger partial charge in [-0.25, -0.2) is 0 Å². The van der Waals surface area contributed by atoms with Crippen molar-refractivity contribution >= 4 is 50.0 Å². The normalized spacial score (nSPS) is 12.3. The summed E-state index contributed by atoms with van der Waals surface area (Å²) in [5.74, 6) is -0.173. The highest BCUT2D eigenvalue weighted by atomic mass is 16.1. The van der Waals surface area contributed by atoms with Crippen LogP contribution in [0, 0.1) is 0 Å². The summed E-state index contributed by atoms with van der Waals surface area (Å²) in [6, 6.07) is 29.1. The van der Waals surface area contributed by atoms with Crippen LogP contribution in [0.4, 0.5) is 5.69 Å². The van der Waals surface area contributed by atoms with Crippen molar-refractivity contribution in [3.8, 4) is 5.69 Å². The Bertz CT molecular complexity index is 1830. The zero-order valence-electron chi connectivity index (χ0n) is 18.0. The van der Waals surface area contributed by atoms with E-state index in [9.17, 15) is 9.59 Å². The predicted molar refractivity (Wildman–Crippen MR) is 133 cm³/mol. The number of amides is 1. The molecule has 5 nitrogen and oxygen atoms in total. The van der Waals surface area contributed by atoms with E-state index >= 15 is 0 Å². The number of nitrogens with zero attached hydrogens (tertiary/aromatic N) is 1. The molecule has 0 fully saturated rings. The average molecular weight is 440 g/mol. The summed E-state index contributed by atoms with van der Waals surface area (Å²) in [7, 11) is 0. The minimum Gasteiger partial charge on any atom is -0.349 e. The van der Waals surface area contributed by atoms with E-state index in [1.54, 1.807) is 0 Å². The van der Waals surface area contributed by atoms with Gasteiger partial charge in [0.1, 0.15) is 11.1 Å². The number of aromatic nitrogens is 2. The average Bonchev–Trinajstić information content (AvgIpc) is 3.39. The fourth-order valence-electron chi connectivity index (χ4n) is 5.01. The van der Waals surface area contributed by atoms with E-state index in [0.29, 0.717) is 16.8 Å². The molecule has 5 heteroatoms. The Morgan fingerprint density at radius 3 is 2.56 bits per heavy atom. The molecule has 0 atom stereocenters. The Balaban J connectivity index is 1.33. The first-order valence-corrected chi connectivity index (χ1v) is 11.1. The van der Waals surface area contributed by atoms with E-state index in [1.165, 1.54) is 0 Å². The predicted octanol–water partition coefficient (Wildman–Crippen LogP) is 5.55. The van der Waals surface area contributed by atoms with Crippen molar-refractivity contribution in [3.05, 3.63) is 114 Å². The molecular weight excluding hydrogens is 422 g/mol. The van der Waals surface area contributed by atoms with Crippen molar-refractivity contribution in [3.63, 3.8) is 0 Å². The SMILES string of the molecule is O=C(Nc1cccc2ccccc12)c1ccc2[nH]c3c4[n+](ccc3c2c1)-c1ccccc1C4=O. The summed E-state index contributed by atoms with van der Waals surface area (Å²) in [5, 5.41) is 6.96. The van der Waals surface area contributed by atoms with Crippen molar-refractivity contribution in [1.29, 1.82) is 0 Å². The molecule has 0 radical (unpaired) electrons. The zero-order chi connectivity index (χ0) is 22.8. The number of H-pyrrole nitrogens is 1. The third kappa shape index (κ3) is 2.58. The Labute approximate surface area is 194 Å². The van der Waals surface area contributed by atoms with Gasteiger partial charge in [-0.15, -0.1) is 0 Å². The van der Waals surface area contributed by atoms with Crippen LogP contribution in [0.2, 0.25) is 0 Å². The maximum Gasteiger partial charge on any atom is 0.284 e. The second-order valence-corrected chi connectivity index (χ2v) is 8.54. The number of fused-ring (bicyclic) bond motifs is 8. The second-order valence-electron chi connectivity index (χ2n) is 8.54. The molecule has 3 heterocycles. The third-order valence-electron chi connectivity index (χ3n) is 6.63. The van der Waals surface area contributed by atoms with E-state index in [-0.39, 0.29) is 11.7 Å². The number of hydrogen-bond acceptors (Lipinski definition) is 2. The molecule has 2 N–H and O–H groups in total. The van der Waals surface area contributed by atoms with E-state index in [2.05, 4.69) is 10.3 Å². The van der Waals surface area contributed by atoms with Crippen LogP contribution in [0.3, 0.4) is 0 Å². The van der Waals surface area contributed by atoms with Gasteiger partial charge in [0.2, 0.25) is 5.69 Å². The molecule has 0 aliphatic carbocycles. The van der Waals surface area contributed by atoms with Crippen molar-refractivity contribution in [2.45, 2.75) is 0 Å². The van der Waals surface area contributed by atoms with Gasteiger partial charge < -0.3 is 10.3 Å². The van der Waals surface area contributed by atoms with Gasteiger partial charge in [0.25, 0.3) is 17.4 Å². The van der Waals surface area contributed by atoms with Crippen molar-refractivity contribution in [2.24, 2.45) is 0 Å². The molecule has 1 amide bonds. The van der Waals surface area contributed by atoms with E-state index in [0.717, 1.165) is 44.0 Å². The number of carbonyl (C=O) groups excluding carboxylic acids is 2. The topological polar surface area (TPSA) is 65.8 Å². The number of anilines is 1. The van der Waals surface area contributed by atoms with Crippen molar-refractivity contribution in [1.82, 2.24) is 4.98 Å². The van der Waals surface area contributed by atoms with Crippen LogP contribution in [0.1, 0.15) is 26.4 Å². The number of nitrogens with one attached hydrogen (secondary N) is 2. The number of ketones is 1. The smallest absolute Gasteiger partial charge is 0.284 e. The third-order valence-corrected chi connectivity index (χ3v) is 6.63. The lowest BCUT2D eigenvalue weighted by Crippen LogP contribution is -2.31. The lowest BCUT2D eigenvalue weighted by atomic mass is 10.1. The van der Waals surface area contributed by atoms with E-state index in [4.69, 9.17) is 0 Å². The van der Waals surface area contributed by atoms with Crippen LogP contribution < -0.4 is 9.88 Å². The maximum absolute atomic E-state index is 13.2. The minimum atomic E-state index is -0.174. The van der Waals surface area contributed by atoms with Gasteiger partial charge in [0.05, 0.1) is 0 Å². The molecule has 0 spiro atoms. The first kappa shape index (κ1) is 18.8. The summed E-state index contributed by atoms with van der Waals surface area (Å²) in [4.78, 5) is 29.7. The highest BCUT2D eigenvalue weighted by Gasteiger charge is 2.38. The second kappa shape index (κ2) is 6.86. The monoisotopic (exact) mass is 440 g/mol.